The SMILES string of the molecule is COC(=O)[C@@H]1CSC2(CN(C(=O)[C@H](COC(C)(C)C)NC(=O)OC(C)(C)C)C2)N1. The monoisotopic (exact) mass is 431 g/mol. The van der Waals surface area contributed by atoms with Gasteiger partial charge in [0.15, 0.2) is 0 Å². The largest absolute Gasteiger partial charge is 0.468 e. The average molecular weight is 432 g/mol. The Kier molecular flexibility index (Phi) is 7.12. The Morgan fingerprint density at radius 3 is 2.31 bits per heavy atom. The third kappa shape index (κ3) is 6.75. The normalized spacial score (nSPS) is 22.0. The lowest BCUT2D eigenvalue weighted by atomic mass is 10.1. The van der Waals surface area contributed by atoms with E-state index in [4.69, 9.17) is 14.2 Å². The van der Waals surface area contributed by atoms with E-state index < -0.39 is 23.3 Å². The predicted molar refractivity (Wildman–Crippen MR) is 110 cm³/mol. The fourth-order valence-electron chi connectivity index (χ4n) is 3.00. The van der Waals surface area contributed by atoms with Crippen molar-refractivity contribution in [1.82, 2.24) is 15.5 Å². The number of hydrogen-bond donors (Lipinski definition) is 2. The van der Waals surface area contributed by atoms with E-state index in [1.54, 1.807) is 37.4 Å². The van der Waals surface area contributed by atoms with Gasteiger partial charge in [0, 0.05) is 5.75 Å². The van der Waals surface area contributed by atoms with Gasteiger partial charge in [0.2, 0.25) is 5.91 Å². The molecule has 0 aromatic heterocycles. The summed E-state index contributed by atoms with van der Waals surface area (Å²) in [7, 11) is 1.36. The highest BCUT2D eigenvalue weighted by Crippen LogP contribution is 2.38. The smallest absolute Gasteiger partial charge is 0.408 e. The zero-order valence-corrected chi connectivity index (χ0v) is 19.1. The Labute approximate surface area is 176 Å². The van der Waals surface area contributed by atoms with Gasteiger partial charge in [-0.05, 0) is 41.5 Å². The van der Waals surface area contributed by atoms with Crippen LogP contribution in [0.3, 0.4) is 0 Å². The molecule has 0 saturated carbocycles. The van der Waals surface area contributed by atoms with Crippen LogP contribution in [0.1, 0.15) is 41.5 Å². The molecule has 9 nitrogen and oxygen atoms in total. The van der Waals surface area contributed by atoms with Crippen molar-refractivity contribution in [3.63, 3.8) is 0 Å². The van der Waals surface area contributed by atoms with E-state index in [9.17, 15) is 14.4 Å². The van der Waals surface area contributed by atoms with Crippen LogP contribution in [0.2, 0.25) is 0 Å². The molecule has 0 aliphatic carbocycles. The summed E-state index contributed by atoms with van der Waals surface area (Å²) in [6, 6.07) is -1.23. The number of alkyl carbamates (subject to hydrolysis) is 1. The second kappa shape index (κ2) is 8.69. The van der Waals surface area contributed by atoms with Crippen molar-refractivity contribution in [2.45, 2.75) is 69.7 Å². The van der Waals surface area contributed by atoms with Crippen LogP contribution in [0.4, 0.5) is 4.79 Å². The summed E-state index contributed by atoms with van der Waals surface area (Å²) in [6.07, 6.45) is -0.664. The van der Waals surface area contributed by atoms with Gasteiger partial charge in [-0.3, -0.25) is 14.9 Å². The van der Waals surface area contributed by atoms with Crippen LogP contribution in [-0.2, 0) is 23.8 Å². The van der Waals surface area contributed by atoms with E-state index >= 15 is 0 Å². The standard InChI is InChI=1S/C19H33N3O6S/c1-17(2,3)27-8-12(20-16(25)28-18(4,5)6)14(23)22-10-19(11-22)21-13(9-29-19)15(24)26-7/h12-13,21H,8-11H2,1-7H3,(H,20,25)/t12-,13-/m0/s1. The van der Waals surface area contributed by atoms with Gasteiger partial charge >= 0.3 is 12.1 Å². The Morgan fingerprint density at radius 1 is 1.17 bits per heavy atom. The lowest BCUT2D eigenvalue weighted by Gasteiger charge is -2.48. The summed E-state index contributed by atoms with van der Waals surface area (Å²) < 4.78 is 15.8. The molecule has 2 heterocycles. The highest BCUT2D eigenvalue weighted by Gasteiger charge is 2.53. The molecule has 0 aromatic carbocycles. The number of nitrogens with one attached hydrogen (secondary N) is 2. The van der Waals surface area contributed by atoms with Crippen LogP contribution in [0.25, 0.3) is 0 Å². The molecule has 0 bridgehead atoms. The van der Waals surface area contributed by atoms with E-state index in [2.05, 4.69) is 10.6 Å². The molecule has 2 atom stereocenters. The molecule has 2 rings (SSSR count). The molecule has 166 valence electrons. The molecule has 2 aliphatic rings. The Hall–Kier alpha value is -1.52. The molecule has 2 N–H and O–H groups in total. The number of likely N-dealkylation sites (tertiary alicyclic amines) is 1. The molecule has 2 saturated heterocycles. The van der Waals surface area contributed by atoms with E-state index in [0.717, 1.165) is 0 Å². The van der Waals surface area contributed by atoms with Gasteiger partial charge in [-0.15, -0.1) is 11.8 Å². The number of carbonyl (C=O) groups is 3. The maximum Gasteiger partial charge on any atom is 0.408 e. The van der Waals surface area contributed by atoms with Gasteiger partial charge in [0.05, 0.1) is 32.4 Å². The van der Waals surface area contributed by atoms with Crippen molar-refractivity contribution >= 4 is 29.7 Å². The molecule has 29 heavy (non-hydrogen) atoms. The third-order valence-electron chi connectivity index (χ3n) is 4.33. The number of amides is 2. The number of esters is 1. The first kappa shape index (κ1) is 23.8. The molecule has 0 radical (unpaired) electrons. The van der Waals surface area contributed by atoms with Gasteiger partial charge in [-0.1, -0.05) is 0 Å². The van der Waals surface area contributed by atoms with E-state index in [0.29, 0.717) is 18.8 Å². The minimum Gasteiger partial charge on any atom is -0.468 e. The lowest BCUT2D eigenvalue weighted by molar-refractivity contribution is -0.144. The van der Waals surface area contributed by atoms with E-state index in [-0.39, 0.29) is 29.4 Å². The highest BCUT2D eigenvalue weighted by molar-refractivity contribution is 8.01. The molecule has 1 spiro atoms. The number of thioether (sulfide) groups is 1. The maximum atomic E-state index is 13.0. The molecule has 2 amide bonds. The number of nitrogens with zero attached hydrogens (tertiary/aromatic N) is 1. The summed E-state index contributed by atoms with van der Waals surface area (Å²) in [5.74, 6) is 0.0541. The van der Waals surface area contributed by atoms with Crippen molar-refractivity contribution < 1.29 is 28.6 Å². The number of ether oxygens (including phenoxy) is 3. The highest BCUT2D eigenvalue weighted by atomic mass is 32.2. The van der Waals surface area contributed by atoms with Gasteiger partial charge in [0.1, 0.15) is 22.6 Å². The number of carbonyl (C=O) groups excluding carboxylic acids is 3. The van der Waals surface area contributed by atoms with Crippen LogP contribution in [0, 0.1) is 0 Å². The summed E-state index contributed by atoms with van der Waals surface area (Å²) in [5.41, 5.74) is -1.13. The zero-order chi connectivity index (χ0) is 22.0. The summed E-state index contributed by atoms with van der Waals surface area (Å²) in [4.78, 5) is 38.2. The Balaban J connectivity index is 1.97. The van der Waals surface area contributed by atoms with Crippen LogP contribution in [0.15, 0.2) is 0 Å². The Morgan fingerprint density at radius 2 is 1.79 bits per heavy atom. The first-order chi connectivity index (χ1) is 13.2. The van der Waals surface area contributed by atoms with E-state index in [1.807, 2.05) is 20.8 Å². The molecule has 10 heteroatoms. The molecular weight excluding hydrogens is 398 g/mol. The summed E-state index contributed by atoms with van der Waals surface area (Å²) >= 11 is 1.61. The van der Waals surface area contributed by atoms with Crippen LogP contribution in [0.5, 0.6) is 0 Å². The molecule has 0 aromatic rings. The van der Waals surface area contributed by atoms with Crippen molar-refractivity contribution in [3.8, 4) is 0 Å². The van der Waals surface area contributed by atoms with Crippen molar-refractivity contribution in [3.05, 3.63) is 0 Å². The van der Waals surface area contributed by atoms with Crippen molar-refractivity contribution in [2.75, 3.05) is 32.6 Å². The molecule has 0 unspecified atom stereocenters. The first-order valence-corrected chi connectivity index (χ1v) is 10.6. The minimum atomic E-state index is -0.857. The second-order valence-electron chi connectivity index (χ2n) is 9.34. The number of hydrogen-bond acceptors (Lipinski definition) is 8. The maximum absolute atomic E-state index is 13.0. The van der Waals surface area contributed by atoms with Crippen molar-refractivity contribution in [1.29, 1.82) is 0 Å². The second-order valence-corrected chi connectivity index (χ2v) is 10.7. The number of methoxy groups -OCH3 is 1. The number of rotatable bonds is 5. The molecular formula is C19H33N3O6S. The third-order valence-corrected chi connectivity index (χ3v) is 5.75. The van der Waals surface area contributed by atoms with Crippen LogP contribution < -0.4 is 10.6 Å². The van der Waals surface area contributed by atoms with Crippen LogP contribution in [-0.4, -0.2) is 83.6 Å². The molecule has 2 fully saturated rings. The predicted octanol–water partition coefficient (Wildman–Crippen LogP) is 1.11. The quantitative estimate of drug-likeness (QED) is 0.624. The zero-order valence-electron chi connectivity index (χ0n) is 18.3. The average Bonchev–Trinajstić information content (AvgIpc) is 2.99. The van der Waals surface area contributed by atoms with Crippen molar-refractivity contribution in [2.24, 2.45) is 0 Å². The fourth-order valence-corrected chi connectivity index (χ4v) is 4.42. The van der Waals surface area contributed by atoms with Gasteiger partial charge in [0.25, 0.3) is 0 Å². The van der Waals surface area contributed by atoms with Gasteiger partial charge in [-0.2, -0.15) is 0 Å². The summed E-state index contributed by atoms with van der Waals surface area (Å²) in [5, 5.41) is 5.89. The van der Waals surface area contributed by atoms with Gasteiger partial charge < -0.3 is 24.4 Å². The minimum absolute atomic E-state index is 0.0381. The molecule has 2 aliphatic heterocycles. The first-order valence-electron chi connectivity index (χ1n) is 9.65. The summed E-state index contributed by atoms with van der Waals surface area (Å²) in [6.45, 7) is 11.8. The van der Waals surface area contributed by atoms with E-state index in [1.165, 1.54) is 7.11 Å². The lowest BCUT2D eigenvalue weighted by Crippen LogP contribution is -2.70. The van der Waals surface area contributed by atoms with Crippen LogP contribution >= 0.6 is 11.8 Å². The topological polar surface area (TPSA) is 106 Å². The Bertz CT molecular complexity index is 637. The van der Waals surface area contributed by atoms with Gasteiger partial charge in [-0.25, -0.2) is 4.79 Å². The fraction of sp³-hybridized carbons (Fsp3) is 0.842.